The van der Waals surface area contributed by atoms with Gasteiger partial charge in [0.1, 0.15) is 6.61 Å². The number of hydrogen-bond acceptors (Lipinski definition) is 8. The van der Waals surface area contributed by atoms with Gasteiger partial charge in [0.2, 0.25) is 0 Å². The number of rotatable bonds is 40. The Balaban J connectivity index is 4.23. The van der Waals surface area contributed by atoms with E-state index in [1.165, 1.54) is 77.0 Å². The van der Waals surface area contributed by atoms with Crippen molar-refractivity contribution >= 4 is 19.8 Å². The minimum Gasteiger partial charge on any atom is -0.462 e. The first-order chi connectivity index (χ1) is 26.8. The van der Waals surface area contributed by atoms with Crippen LogP contribution in [0.4, 0.5) is 0 Å². The molecule has 0 aromatic heterocycles. The normalized spacial score (nSPS) is 13.9. The van der Waals surface area contributed by atoms with Crippen molar-refractivity contribution in [2.24, 2.45) is 5.73 Å². The summed E-state index contributed by atoms with van der Waals surface area (Å²) in [4.78, 5) is 34.9. The molecule has 0 saturated carbocycles. The molecule has 9 nitrogen and oxygen atoms in total. The average Bonchev–Trinajstić information content (AvgIpc) is 3.17. The Morgan fingerprint density at radius 2 is 0.945 bits per heavy atom. The lowest BCUT2D eigenvalue weighted by atomic mass is 10.1. The monoisotopic (exact) mass is 794 g/mol. The van der Waals surface area contributed by atoms with E-state index in [0.29, 0.717) is 12.8 Å². The number of hydrogen-bond donors (Lipinski definition) is 2. The molecule has 55 heavy (non-hydrogen) atoms. The van der Waals surface area contributed by atoms with Gasteiger partial charge in [0.15, 0.2) is 6.10 Å². The van der Waals surface area contributed by atoms with Crippen molar-refractivity contribution in [2.45, 2.75) is 187 Å². The summed E-state index contributed by atoms with van der Waals surface area (Å²) in [7, 11) is -4.39. The molecule has 0 aliphatic carbocycles. The number of carbonyl (C=O) groups excluding carboxylic acids is 2. The van der Waals surface area contributed by atoms with Crippen molar-refractivity contribution in [2.75, 3.05) is 26.4 Å². The summed E-state index contributed by atoms with van der Waals surface area (Å²) in [5.74, 6) is -0.873. The van der Waals surface area contributed by atoms with Gasteiger partial charge in [-0.25, -0.2) is 4.57 Å². The molecule has 0 saturated heterocycles. The zero-order valence-corrected chi connectivity index (χ0v) is 35.8. The third-order valence-electron chi connectivity index (χ3n) is 8.88. The number of phosphoric ester groups is 1. The molecule has 3 N–H and O–H groups in total. The summed E-state index contributed by atoms with van der Waals surface area (Å²) >= 11 is 0. The first kappa shape index (κ1) is 52.7. The lowest BCUT2D eigenvalue weighted by Gasteiger charge is -2.19. The molecule has 0 aromatic rings. The molecular weight excluding hydrogens is 713 g/mol. The number of esters is 2. The highest BCUT2D eigenvalue weighted by Gasteiger charge is 2.26. The fourth-order valence-corrected chi connectivity index (χ4v) is 6.38. The van der Waals surface area contributed by atoms with Crippen LogP contribution in [0.5, 0.6) is 0 Å². The summed E-state index contributed by atoms with van der Waals surface area (Å²) < 4.78 is 32.7. The molecule has 2 atom stereocenters. The maximum absolute atomic E-state index is 12.6. The van der Waals surface area contributed by atoms with Crippen molar-refractivity contribution < 1.29 is 37.6 Å². The third-order valence-corrected chi connectivity index (χ3v) is 9.86. The van der Waals surface area contributed by atoms with Crippen LogP contribution in [0, 0.1) is 0 Å². The van der Waals surface area contributed by atoms with Crippen LogP contribution in [-0.4, -0.2) is 49.3 Å². The highest BCUT2D eigenvalue weighted by molar-refractivity contribution is 7.47. The van der Waals surface area contributed by atoms with Gasteiger partial charge in [-0.3, -0.25) is 18.6 Å². The van der Waals surface area contributed by atoms with Gasteiger partial charge in [0, 0.05) is 19.4 Å². The van der Waals surface area contributed by atoms with Gasteiger partial charge in [-0.15, -0.1) is 0 Å². The molecule has 1 unspecified atom stereocenters. The predicted molar refractivity (Wildman–Crippen MR) is 229 cm³/mol. The lowest BCUT2D eigenvalue weighted by molar-refractivity contribution is -0.161. The minimum absolute atomic E-state index is 0.0457. The van der Waals surface area contributed by atoms with Gasteiger partial charge in [0.25, 0.3) is 0 Å². The average molecular weight is 794 g/mol. The highest BCUT2D eigenvalue weighted by atomic mass is 31.2. The van der Waals surface area contributed by atoms with Crippen LogP contribution in [0.1, 0.15) is 181 Å². The van der Waals surface area contributed by atoms with E-state index in [1.807, 2.05) is 0 Å². The zero-order valence-electron chi connectivity index (χ0n) is 34.9. The Morgan fingerprint density at radius 3 is 1.47 bits per heavy atom. The summed E-state index contributed by atoms with van der Waals surface area (Å²) in [6.45, 7) is 3.64. The standard InChI is InChI=1S/C45H80NO8P/c1-3-5-7-9-11-13-15-17-19-20-21-22-24-25-27-29-31-33-35-37-44(47)51-41-43(42-53-55(49,50)52-40-39-46)54-45(48)38-36-34-32-30-28-26-23-18-16-14-12-10-8-6-4-2/h11,13-14,16-17,19,21-22,25,27,43H,3-10,12,15,18,20,23-24,26,28-42,46H2,1-2H3,(H,49,50)/b13-11+,16-14+,19-17+,22-21+,27-25+/t43-/m1/s1. The molecular formula is C45H80NO8P. The summed E-state index contributed by atoms with van der Waals surface area (Å²) in [6, 6.07) is 0. The predicted octanol–water partition coefficient (Wildman–Crippen LogP) is 12.5. The summed E-state index contributed by atoms with van der Waals surface area (Å²) in [6.07, 6.45) is 48.2. The third kappa shape index (κ3) is 41.2. The second-order valence-electron chi connectivity index (χ2n) is 14.2. The lowest BCUT2D eigenvalue weighted by Crippen LogP contribution is -2.29. The van der Waals surface area contributed by atoms with E-state index in [0.717, 1.165) is 64.2 Å². The smallest absolute Gasteiger partial charge is 0.462 e. The van der Waals surface area contributed by atoms with Crippen molar-refractivity contribution in [1.29, 1.82) is 0 Å². The molecule has 0 aliphatic heterocycles. The topological polar surface area (TPSA) is 134 Å². The van der Waals surface area contributed by atoms with Gasteiger partial charge in [0.05, 0.1) is 13.2 Å². The van der Waals surface area contributed by atoms with E-state index >= 15 is 0 Å². The van der Waals surface area contributed by atoms with Crippen LogP contribution in [0.2, 0.25) is 0 Å². The molecule has 0 heterocycles. The van der Waals surface area contributed by atoms with Crippen molar-refractivity contribution in [1.82, 2.24) is 0 Å². The summed E-state index contributed by atoms with van der Waals surface area (Å²) in [5.41, 5.74) is 5.34. The highest BCUT2D eigenvalue weighted by Crippen LogP contribution is 2.43. The number of nitrogens with two attached hydrogens (primary N) is 1. The molecule has 10 heteroatoms. The van der Waals surface area contributed by atoms with Crippen molar-refractivity contribution in [3.8, 4) is 0 Å². The molecule has 0 spiro atoms. The molecule has 0 aliphatic rings. The molecule has 318 valence electrons. The van der Waals surface area contributed by atoms with E-state index < -0.39 is 32.5 Å². The number of ether oxygens (including phenoxy) is 2. The first-order valence-electron chi connectivity index (χ1n) is 21.8. The van der Waals surface area contributed by atoms with Crippen LogP contribution in [0.15, 0.2) is 60.8 Å². The van der Waals surface area contributed by atoms with E-state index in [2.05, 4.69) is 74.6 Å². The molecule has 0 aromatic carbocycles. The number of unbranched alkanes of at least 4 members (excludes halogenated alkanes) is 17. The number of carbonyl (C=O) groups is 2. The Morgan fingerprint density at radius 1 is 0.545 bits per heavy atom. The molecule has 0 bridgehead atoms. The van der Waals surface area contributed by atoms with Gasteiger partial charge in [-0.05, 0) is 83.5 Å². The molecule has 0 amide bonds. The fourth-order valence-electron chi connectivity index (χ4n) is 5.61. The maximum atomic E-state index is 12.6. The van der Waals surface area contributed by atoms with E-state index in [-0.39, 0.29) is 32.6 Å². The molecule has 0 fully saturated rings. The van der Waals surface area contributed by atoms with Gasteiger partial charge < -0.3 is 20.1 Å². The SMILES string of the molecule is CCCCC/C=C/C/C=C/C/C=C/C/C=C/CCCCCC(=O)OC[C@H](COP(=O)(O)OCCN)OC(=O)CCCCCCCCC/C=C/CCCCCC. The largest absolute Gasteiger partial charge is 0.472 e. The fraction of sp³-hybridized carbons (Fsp3) is 0.733. The second kappa shape index (κ2) is 41.3. The van der Waals surface area contributed by atoms with Crippen LogP contribution in [0.3, 0.4) is 0 Å². The van der Waals surface area contributed by atoms with Crippen LogP contribution < -0.4 is 5.73 Å². The number of phosphoric acid groups is 1. The summed E-state index contributed by atoms with van der Waals surface area (Å²) in [5, 5.41) is 0. The van der Waals surface area contributed by atoms with Crippen LogP contribution in [-0.2, 0) is 32.7 Å². The molecule has 0 rings (SSSR count). The van der Waals surface area contributed by atoms with Gasteiger partial charge in [-0.2, -0.15) is 0 Å². The van der Waals surface area contributed by atoms with Crippen molar-refractivity contribution in [3.63, 3.8) is 0 Å². The maximum Gasteiger partial charge on any atom is 0.472 e. The Hall–Kier alpha value is -2.29. The number of allylic oxidation sites excluding steroid dienone is 10. The van der Waals surface area contributed by atoms with Crippen molar-refractivity contribution in [3.05, 3.63) is 60.8 Å². The Labute approximate surface area is 336 Å². The van der Waals surface area contributed by atoms with Gasteiger partial charge >= 0.3 is 19.8 Å². The quantitative estimate of drug-likeness (QED) is 0.0269. The Kier molecular flexibility index (Phi) is 39.6. The molecule has 0 radical (unpaired) electrons. The second-order valence-corrected chi connectivity index (χ2v) is 15.7. The minimum atomic E-state index is -4.39. The zero-order chi connectivity index (χ0) is 40.3. The van der Waals surface area contributed by atoms with E-state index in [1.54, 1.807) is 0 Å². The van der Waals surface area contributed by atoms with Crippen LogP contribution in [0.25, 0.3) is 0 Å². The van der Waals surface area contributed by atoms with Gasteiger partial charge in [-0.1, -0.05) is 145 Å². The van der Waals surface area contributed by atoms with E-state index in [4.69, 9.17) is 24.3 Å². The van der Waals surface area contributed by atoms with Crippen LogP contribution >= 0.6 is 7.82 Å². The first-order valence-corrected chi connectivity index (χ1v) is 23.3. The van der Waals surface area contributed by atoms with E-state index in [9.17, 15) is 19.0 Å². The Bertz CT molecular complexity index is 1090.